The Morgan fingerprint density at radius 3 is 2.68 bits per heavy atom. The first-order chi connectivity index (χ1) is 8.99. The number of hydrogen-bond acceptors (Lipinski definition) is 4. The highest BCUT2D eigenvalue weighted by molar-refractivity contribution is 5.60. The highest BCUT2D eigenvalue weighted by atomic mass is 16.5. The molecule has 19 heavy (non-hydrogen) atoms. The lowest BCUT2D eigenvalue weighted by atomic mass is 9.95. The van der Waals surface area contributed by atoms with Crippen LogP contribution in [-0.4, -0.2) is 55.4 Å². The van der Waals surface area contributed by atoms with Gasteiger partial charge in [0.05, 0.1) is 25.4 Å². The number of rotatable bonds is 3. The summed E-state index contributed by atoms with van der Waals surface area (Å²) in [6.07, 6.45) is 0. The molecule has 0 saturated carbocycles. The van der Waals surface area contributed by atoms with Crippen LogP contribution in [0.3, 0.4) is 0 Å². The molecule has 4 nitrogen and oxygen atoms in total. The number of para-hydroxylation sites is 2. The summed E-state index contributed by atoms with van der Waals surface area (Å²) >= 11 is 0. The Labute approximate surface area is 115 Å². The Kier molecular flexibility index (Phi) is 4.02. The maximum absolute atomic E-state index is 9.52. The molecule has 4 heteroatoms. The number of anilines is 1. The fourth-order valence-corrected chi connectivity index (χ4v) is 2.90. The largest absolute Gasteiger partial charge is 0.495 e. The van der Waals surface area contributed by atoms with Crippen LogP contribution in [0.2, 0.25) is 0 Å². The zero-order valence-corrected chi connectivity index (χ0v) is 12.3. The molecule has 0 amide bonds. The van der Waals surface area contributed by atoms with Crippen LogP contribution in [0.5, 0.6) is 5.75 Å². The predicted octanol–water partition coefficient (Wildman–Crippen LogP) is 1.59. The van der Waals surface area contributed by atoms with Crippen molar-refractivity contribution in [2.24, 2.45) is 0 Å². The van der Waals surface area contributed by atoms with Crippen molar-refractivity contribution in [1.29, 1.82) is 0 Å². The zero-order chi connectivity index (χ0) is 14.0. The molecule has 2 rings (SSSR count). The Balaban J connectivity index is 2.35. The molecule has 0 radical (unpaired) electrons. The van der Waals surface area contributed by atoms with Gasteiger partial charge >= 0.3 is 0 Å². The topological polar surface area (TPSA) is 35.9 Å². The Morgan fingerprint density at radius 1 is 1.37 bits per heavy atom. The molecule has 106 valence electrons. The van der Waals surface area contributed by atoms with Gasteiger partial charge in [-0.2, -0.15) is 0 Å². The third-order valence-corrected chi connectivity index (χ3v) is 3.97. The average Bonchev–Trinajstić information content (AvgIpc) is 2.38. The van der Waals surface area contributed by atoms with Gasteiger partial charge in [0.2, 0.25) is 0 Å². The number of ether oxygens (including phenoxy) is 1. The van der Waals surface area contributed by atoms with Gasteiger partial charge in [0, 0.05) is 18.6 Å². The number of benzene rings is 1. The van der Waals surface area contributed by atoms with Crippen molar-refractivity contribution in [2.75, 3.05) is 38.8 Å². The van der Waals surface area contributed by atoms with E-state index in [0.717, 1.165) is 24.5 Å². The summed E-state index contributed by atoms with van der Waals surface area (Å²) in [7, 11) is 3.77. The van der Waals surface area contributed by atoms with Crippen molar-refractivity contribution >= 4 is 5.69 Å². The average molecular weight is 264 g/mol. The van der Waals surface area contributed by atoms with Crippen LogP contribution in [-0.2, 0) is 0 Å². The van der Waals surface area contributed by atoms with Gasteiger partial charge in [0.1, 0.15) is 5.75 Å². The quantitative estimate of drug-likeness (QED) is 0.899. The van der Waals surface area contributed by atoms with Gasteiger partial charge in [-0.15, -0.1) is 0 Å². The van der Waals surface area contributed by atoms with Gasteiger partial charge in [0.15, 0.2) is 0 Å². The maximum Gasteiger partial charge on any atom is 0.142 e. The summed E-state index contributed by atoms with van der Waals surface area (Å²) in [5.41, 5.74) is 1.11. The fraction of sp³-hybridized carbons (Fsp3) is 0.600. The van der Waals surface area contributed by atoms with Crippen molar-refractivity contribution in [3.8, 4) is 5.75 Å². The third-order valence-electron chi connectivity index (χ3n) is 3.97. The van der Waals surface area contributed by atoms with Gasteiger partial charge in [-0.05, 0) is 33.0 Å². The van der Waals surface area contributed by atoms with Crippen molar-refractivity contribution in [3.63, 3.8) is 0 Å². The number of methoxy groups -OCH3 is 1. The summed E-state index contributed by atoms with van der Waals surface area (Å²) in [6.45, 7) is 6.35. The van der Waals surface area contributed by atoms with E-state index < -0.39 is 0 Å². The molecule has 1 heterocycles. The second-order valence-electron chi connectivity index (χ2n) is 5.85. The molecule has 0 aromatic heterocycles. The molecule has 1 saturated heterocycles. The van der Waals surface area contributed by atoms with E-state index in [1.165, 1.54) is 0 Å². The summed E-state index contributed by atoms with van der Waals surface area (Å²) < 4.78 is 5.47. The number of aliphatic hydroxyl groups excluding tert-OH is 1. The lowest BCUT2D eigenvalue weighted by Gasteiger charge is -2.51. The molecular formula is C15H24N2O2. The summed E-state index contributed by atoms with van der Waals surface area (Å²) in [5, 5.41) is 9.52. The highest BCUT2D eigenvalue weighted by Gasteiger charge is 2.38. The first-order valence-electron chi connectivity index (χ1n) is 6.71. The van der Waals surface area contributed by atoms with Gasteiger partial charge in [0.25, 0.3) is 0 Å². The van der Waals surface area contributed by atoms with Gasteiger partial charge < -0.3 is 14.7 Å². The van der Waals surface area contributed by atoms with Gasteiger partial charge in [-0.1, -0.05) is 12.1 Å². The van der Waals surface area contributed by atoms with E-state index in [-0.39, 0.29) is 18.2 Å². The minimum absolute atomic E-state index is 0.00898. The van der Waals surface area contributed by atoms with Crippen molar-refractivity contribution in [2.45, 2.75) is 25.4 Å². The normalized spacial score (nSPS) is 23.4. The fourth-order valence-electron chi connectivity index (χ4n) is 2.90. The molecule has 1 aromatic carbocycles. The predicted molar refractivity (Wildman–Crippen MR) is 77.9 cm³/mol. The van der Waals surface area contributed by atoms with Crippen molar-refractivity contribution in [3.05, 3.63) is 24.3 Å². The van der Waals surface area contributed by atoms with Crippen LogP contribution in [0.15, 0.2) is 24.3 Å². The minimum Gasteiger partial charge on any atom is -0.495 e. The molecule has 1 aromatic rings. The molecule has 1 unspecified atom stereocenters. The van der Waals surface area contributed by atoms with E-state index >= 15 is 0 Å². The molecule has 0 spiro atoms. The first kappa shape index (κ1) is 14.2. The number of hydrogen-bond donors (Lipinski definition) is 1. The van der Waals surface area contributed by atoms with E-state index in [4.69, 9.17) is 4.74 Å². The number of likely N-dealkylation sites (N-methyl/N-ethyl adjacent to an activating group) is 1. The van der Waals surface area contributed by atoms with Crippen LogP contribution in [0.4, 0.5) is 5.69 Å². The Bertz CT molecular complexity index is 434. The molecule has 0 bridgehead atoms. The van der Waals surface area contributed by atoms with Crippen LogP contribution < -0.4 is 9.64 Å². The second kappa shape index (κ2) is 5.39. The second-order valence-corrected chi connectivity index (χ2v) is 5.85. The van der Waals surface area contributed by atoms with E-state index in [2.05, 4.69) is 36.8 Å². The van der Waals surface area contributed by atoms with E-state index in [1.54, 1.807) is 7.11 Å². The smallest absolute Gasteiger partial charge is 0.142 e. The van der Waals surface area contributed by atoms with Crippen molar-refractivity contribution in [1.82, 2.24) is 4.90 Å². The summed E-state index contributed by atoms with van der Waals surface area (Å²) in [5.74, 6) is 0.886. The lowest BCUT2D eigenvalue weighted by molar-refractivity contribution is 0.0977. The molecular weight excluding hydrogens is 240 g/mol. The standard InChI is InChI=1S/C15H24N2O2/c1-15(2)11-16(3)12(10-18)9-17(15)13-7-5-6-8-14(13)19-4/h5-8,12,18H,9-11H2,1-4H3. The van der Waals surface area contributed by atoms with Crippen molar-refractivity contribution < 1.29 is 9.84 Å². The van der Waals surface area contributed by atoms with Crippen LogP contribution in [0.1, 0.15) is 13.8 Å². The molecule has 0 aliphatic carbocycles. The molecule has 1 N–H and O–H groups in total. The first-order valence-corrected chi connectivity index (χ1v) is 6.71. The molecule has 1 aliphatic heterocycles. The van der Waals surface area contributed by atoms with Crippen LogP contribution in [0, 0.1) is 0 Å². The van der Waals surface area contributed by atoms with Gasteiger partial charge in [-0.3, -0.25) is 4.90 Å². The lowest BCUT2D eigenvalue weighted by Crippen LogP contribution is -2.63. The maximum atomic E-state index is 9.52. The number of piperazine rings is 1. The van der Waals surface area contributed by atoms with Crippen LogP contribution in [0.25, 0.3) is 0 Å². The molecule has 1 atom stereocenters. The third kappa shape index (κ3) is 2.69. The summed E-state index contributed by atoms with van der Waals surface area (Å²) in [4.78, 5) is 4.57. The van der Waals surface area contributed by atoms with E-state index in [1.807, 2.05) is 18.2 Å². The highest BCUT2D eigenvalue weighted by Crippen LogP contribution is 2.35. The molecule has 1 fully saturated rings. The van der Waals surface area contributed by atoms with E-state index in [0.29, 0.717) is 0 Å². The minimum atomic E-state index is 0.00898. The monoisotopic (exact) mass is 264 g/mol. The zero-order valence-electron chi connectivity index (χ0n) is 12.3. The SMILES string of the molecule is COc1ccccc1N1CC(CO)N(C)CC1(C)C. The number of nitrogens with zero attached hydrogens (tertiary/aromatic N) is 2. The van der Waals surface area contributed by atoms with Crippen LogP contribution >= 0.6 is 0 Å². The molecule has 1 aliphatic rings. The van der Waals surface area contributed by atoms with Gasteiger partial charge in [-0.25, -0.2) is 0 Å². The Hall–Kier alpha value is -1.26. The Morgan fingerprint density at radius 2 is 2.05 bits per heavy atom. The number of aliphatic hydroxyl groups is 1. The van der Waals surface area contributed by atoms with E-state index in [9.17, 15) is 5.11 Å². The summed E-state index contributed by atoms with van der Waals surface area (Å²) in [6, 6.07) is 8.24.